The summed E-state index contributed by atoms with van der Waals surface area (Å²) in [4.78, 5) is 11.3. The number of nitrogens with two attached hydrogens (primary N) is 1. The number of amides is 1. The van der Waals surface area contributed by atoms with E-state index in [0.29, 0.717) is 4.31 Å². The van der Waals surface area contributed by atoms with Gasteiger partial charge in [0.15, 0.2) is 4.75 Å². The molecule has 0 aromatic rings. The Labute approximate surface area is 81.9 Å². The van der Waals surface area contributed by atoms with E-state index >= 15 is 0 Å². The zero-order valence-corrected chi connectivity index (χ0v) is 8.91. The Kier molecular flexibility index (Phi) is 2.12. The maximum absolute atomic E-state index is 11.4. The van der Waals surface area contributed by atoms with Crippen molar-refractivity contribution < 1.29 is 13.2 Å². The van der Waals surface area contributed by atoms with Crippen LogP contribution in [0.15, 0.2) is 0 Å². The van der Waals surface area contributed by atoms with Gasteiger partial charge in [-0.05, 0) is 13.8 Å². The molecule has 7 heteroatoms. The first-order valence-electron chi connectivity index (χ1n) is 3.56. The van der Waals surface area contributed by atoms with Crippen LogP contribution in [0.1, 0.15) is 13.8 Å². The number of nitrogens with zero attached hydrogens (tertiary/aromatic N) is 1. The summed E-state index contributed by atoms with van der Waals surface area (Å²) in [5.41, 5.74) is 5.15. The minimum atomic E-state index is -3.53. The highest BCUT2D eigenvalue weighted by atomic mass is 32.2. The summed E-state index contributed by atoms with van der Waals surface area (Å²) < 4.78 is 22.2. The number of hydrogen-bond donors (Lipinski definition) is 1. The third kappa shape index (κ3) is 1.22. The second-order valence-electron chi connectivity index (χ2n) is 3.29. The van der Waals surface area contributed by atoms with E-state index in [1.165, 1.54) is 13.8 Å². The standard InChI is InChI=1S/C6H10N2O3S2/c1-6(2)5(9)8(3-4(7)12)13(6,10)11/h3H2,1-2H3,(H2,7,12). The zero-order chi connectivity index (χ0) is 10.4. The molecule has 1 aliphatic heterocycles. The van der Waals surface area contributed by atoms with Crippen molar-refractivity contribution in [3.8, 4) is 0 Å². The smallest absolute Gasteiger partial charge is 0.259 e. The number of thiocarbonyl (C=S) groups is 1. The van der Waals surface area contributed by atoms with Gasteiger partial charge in [-0.15, -0.1) is 0 Å². The molecule has 0 unspecified atom stereocenters. The zero-order valence-electron chi connectivity index (χ0n) is 7.27. The van der Waals surface area contributed by atoms with E-state index in [-0.39, 0.29) is 11.5 Å². The van der Waals surface area contributed by atoms with Crippen LogP contribution in [-0.4, -0.2) is 34.9 Å². The van der Waals surface area contributed by atoms with Crippen LogP contribution in [0.5, 0.6) is 0 Å². The molecule has 0 spiro atoms. The summed E-state index contributed by atoms with van der Waals surface area (Å²) in [7, 11) is -3.53. The molecule has 1 fully saturated rings. The third-order valence-electron chi connectivity index (χ3n) is 1.98. The Morgan fingerprint density at radius 1 is 1.62 bits per heavy atom. The van der Waals surface area contributed by atoms with E-state index in [1.807, 2.05) is 0 Å². The van der Waals surface area contributed by atoms with Crippen LogP contribution >= 0.6 is 12.2 Å². The third-order valence-corrected chi connectivity index (χ3v) is 4.44. The van der Waals surface area contributed by atoms with Gasteiger partial charge in [0.25, 0.3) is 15.9 Å². The SMILES string of the molecule is CC1(C)C(=O)N(CC(N)=S)S1(=O)=O. The second kappa shape index (κ2) is 2.65. The average Bonchev–Trinajstić information content (AvgIpc) is 1.98. The monoisotopic (exact) mass is 222 g/mol. The summed E-state index contributed by atoms with van der Waals surface area (Å²) in [6.45, 7) is 2.53. The molecule has 13 heavy (non-hydrogen) atoms. The molecule has 5 nitrogen and oxygen atoms in total. The molecular formula is C6H10N2O3S2. The summed E-state index contributed by atoms with van der Waals surface area (Å²) >= 11 is 4.52. The molecule has 0 bridgehead atoms. The normalized spacial score (nSPS) is 23.8. The predicted molar refractivity (Wildman–Crippen MR) is 51.5 cm³/mol. The summed E-state index contributed by atoms with van der Waals surface area (Å²) in [5, 5.41) is 0. The maximum atomic E-state index is 11.4. The molecule has 0 atom stereocenters. The van der Waals surface area contributed by atoms with E-state index in [0.717, 1.165) is 0 Å². The van der Waals surface area contributed by atoms with Gasteiger partial charge in [0.05, 0.1) is 11.5 Å². The Balaban J connectivity index is 2.96. The molecule has 0 saturated carbocycles. The van der Waals surface area contributed by atoms with E-state index in [2.05, 4.69) is 12.2 Å². The van der Waals surface area contributed by atoms with Crippen molar-refractivity contribution in [1.29, 1.82) is 0 Å². The molecule has 74 valence electrons. The number of rotatable bonds is 2. The number of sulfonamides is 1. The highest BCUT2D eigenvalue weighted by Gasteiger charge is 2.59. The highest BCUT2D eigenvalue weighted by molar-refractivity contribution is 7.94. The molecule has 0 aromatic heterocycles. The fraction of sp³-hybridized carbons (Fsp3) is 0.667. The Morgan fingerprint density at radius 2 is 2.08 bits per heavy atom. The van der Waals surface area contributed by atoms with E-state index in [1.54, 1.807) is 0 Å². The quantitative estimate of drug-likeness (QED) is 0.620. The Hall–Kier alpha value is -0.690. The first kappa shape index (κ1) is 10.4. The van der Waals surface area contributed by atoms with Crippen LogP contribution in [0.25, 0.3) is 0 Å². The van der Waals surface area contributed by atoms with Crippen LogP contribution in [0.2, 0.25) is 0 Å². The lowest BCUT2D eigenvalue weighted by atomic mass is 10.2. The first-order chi connectivity index (χ1) is 5.71. The molecule has 0 aliphatic carbocycles. The minimum absolute atomic E-state index is 0.00701. The molecule has 1 amide bonds. The number of carbonyl (C=O) groups is 1. The highest BCUT2D eigenvalue weighted by Crippen LogP contribution is 2.34. The van der Waals surface area contributed by atoms with Gasteiger partial charge < -0.3 is 5.73 Å². The Morgan fingerprint density at radius 3 is 2.38 bits per heavy atom. The van der Waals surface area contributed by atoms with Crippen molar-refractivity contribution >= 4 is 33.1 Å². The molecule has 1 heterocycles. The van der Waals surface area contributed by atoms with Crippen molar-refractivity contribution in [2.45, 2.75) is 18.6 Å². The van der Waals surface area contributed by atoms with E-state index < -0.39 is 20.7 Å². The Bertz CT molecular complexity index is 371. The lowest BCUT2D eigenvalue weighted by Crippen LogP contribution is -2.68. The van der Waals surface area contributed by atoms with Crippen molar-refractivity contribution in [1.82, 2.24) is 4.31 Å². The molecule has 2 N–H and O–H groups in total. The fourth-order valence-electron chi connectivity index (χ4n) is 1.05. The van der Waals surface area contributed by atoms with Gasteiger partial charge >= 0.3 is 0 Å². The average molecular weight is 222 g/mol. The van der Waals surface area contributed by atoms with Gasteiger partial charge in [0, 0.05) is 0 Å². The largest absolute Gasteiger partial charge is 0.392 e. The van der Waals surface area contributed by atoms with Crippen LogP contribution in [0.4, 0.5) is 0 Å². The predicted octanol–water partition coefficient (Wildman–Crippen LogP) is -0.777. The van der Waals surface area contributed by atoms with E-state index in [4.69, 9.17) is 5.73 Å². The number of carbonyl (C=O) groups excluding carboxylic acids is 1. The topological polar surface area (TPSA) is 80.5 Å². The summed E-state index contributed by atoms with van der Waals surface area (Å²) in [6, 6.07) is 0. The van der Waals surface area contributed by atoms with Gasteiger partial charge in [0.1, 0.15) is 0 Å². The van der Waals surface area contributed by atoms with Crippen LogP contribution in [0.3, 0.4) is 0 Å². The molecule has 1 aliphatic rings. The van der Waals surface area contributed by atoms with Gasteiger partial charge in [-0.1, -0.05) is 12.2 Å². The summed E-state index contributed by atoms with van der Waals surface area (Å²) in [5.74, 6) is -0.458. The minimum Gasteiger partial charge on any atom is -0.392 e. The van der Waals surface area contributed by atoms with E-state index in [9.17, 15) is 13.2 Å². The maximum Gasteiger partial charge on any atom is 0.259 e. The van der Waals surface area contributed by atoms with Crippen LogP contribution in [0, 0.1) is 0 Å². The van der Waals surface area contributed by atoms with Crippen LogP contribution in [-0.2, 0) is 14.8 Å². The molecule has 0 aromatic carbocycles. The lowest BCUT2D eigenvalue weighted by molar-refractivity contribution is -0.131. The van der Waals surface area contributed by atoms with Crippen molar-refractivity contribution in [3.05, 3.63) is 0 Å². The van der Waals surface area contributed by atoms with Gasteiger partial charge in [-0.2, -0.15) is 0 Å². The fourth-order valence-corrected chi connectivity index (χ4v) is 2.77. The lowest BCUT2D eigenvalue weighted by Gasteiger charge is -2.42. The van der Waals surface area contributed by atoms with Crippen molar-refractivity contribution in [2.24, 2.45) is 5.73 Å². The molecule has 1 saturated heterocycles. The first-order valence-corrected chi connectivity index (χ1v) is 5.41. The van der Waals surface area contributed by atoms with Gasteiger partial charge in [-0.25, -0.2) is 12.7 Å². The molecule has 0 radical (unpaired) electrons. The number of hydrogen-bond acceptors (Lipinski definition) is 4. The van der Waals surface area contributed by atoms with Crippen molar-refractivity contribution in [2.75, 3.05) is 6.54 Å². The second-order valence-corrected chi connectivity index (χ2v) is 6.23. The van der Waals surface area contributed by atoms with Gasteiger partial charge in [0.2, 0.25) is 0 Å². The molecule has 1 rings (SSSR count). The van der Waals surface area contributed by atoms with Gasteiger partial charge in [-0.3, -0.25) is 4.79 Å². The van der Waals surface area contributed by atoms with Crippen LogP contribution < -0.4 is 5.73 Å². The molecular weight excluding hydrogens is 212 g/mol. The summed E-state index contributed by atoms with van der Waals surface area (Å²) in [6.07, 6.45) is 0. The van der Waals surface area contributed by atoms with Crippen molar-refractivity contribution in [3.63, 3.8) is 0 Å².